The molecule has 1 aromatic heterocycles. The Balaban J connectivity index is 2.66. The summed E-state index contributed by atoms with van der Waals surface area (Å²) in [5.41, 5.74) is 3.45. The van der Waals surface area contributed by atoms with Crippen LogP contribution in [0.3, 0.4) is 0 Å². The highest BCUT2D eigenvalue weighted by atomic mass is 79.9. The number of alkyl halides is 1. The minimum atomic E-state index is -0.161. The molecule has 1 N–H and O–H groups in total. The predicted octanol–water partition coefficient (Wildman–Crippen LogP) is 5.58. The monoisotopic (exact) mass is 379 g/mol. The zero-order chi connectivity index (χ0) is 17.4. The quantitative estimate of drug-likeness (QED) is 0.707. The Kier molecular flexibility index (Phi) is 4.95. The van der Waals surface area contributed by atoms with Gasteiger partial charge in [-0.1, -0.05) is 63.5 Å². The third-order valence-electron chi connectivity index (χ3n) is 3.92. The van der Waals surface area contributed by atoms with Crippen molar-refractivity contribution in [1.82, 2.24) is 4.98 Å². The summed E-state index contributed by atoms with van der Waals surface area (Å²) in [5, 5.41) is 11.6. The molecule has 126 valence electrons. The molecule has 0 atom stereocenters. The van der Waals surface area contributed by atoms with Crippen LogP contribution >= 0.6 is 15.9 Å². The third kappa shape index (κ3) is 3.97. The van der Waals surface area contributed by atoms with E-state index in [0.29, 0.717) is 11.5 Å². The molecule has 1 heterocycles. The number of aromatic nitrogens is 1. The molecule has 0 radical (unpaired) electrons. The van der Waals surface area contributed by atoms with E-state index in [-0.39, 0.29) is 16.6 Å². The molecule has 0 bridgehead atoms. The van der Waals surface area contributed by atoms with E-state index in [1.165, 1.54) is 0 Å². The van der Waals surface area contributed by atoms with Crippen LogP contribution < -0.4 is 0 Å². The SMILES string of the molecule is CC(C)(C)c1cc(-c2nc(CCBr)co2)c(O)c(C(C)(C)C)c1. The van der Waals surface area contributed by atoms with E-state index in [1.54, 1.807) is 6.26 Å². The summed E-state index contributed by atoms with van der Waals surface area (Å²) < 4.78 is 5.63. The van der Waals surface area contributed by atoms with Gasteiger partial charge in [0, 0.05) is 17.3 Å². The first-order valence-corrected chi connectivity index (χ1v) is 9.05. The number of rotatable bonds is 3. The zero-order valence-electron chi connectivity index (χ0n) is 14.8. The Hall–Kier alpha value is -1.29. The van der Waals surface area contributed by atoms with Crippen molar-refractivity contribution < 1.29 is 9.52 Å². The summed E-state index contributed by atoms with van der Waals surface area (Å²) in [6.45, 7) is 12.8. The number of hydrogen-bond acceptors (Lipinski definition) is 3. The molecular formula is C19H26BrNO2. The molecular weight excluding hydrogens is 354 g/mol. The number of phenolic OH excluding ortho intramolecular Hbond substituents is 1. The van der Waals surface area contributed by atoms with Gasteiger partial charge in [0.1, 0.15) is 12.0 Å². The average Bonchev–Trinajstić information content (AvgIpc) is 2.85. The van der Waals surface area contributed by atoms with Gasteiger partial charge >= 0.3 is 0 Å². The van der Waals surface area contributed by atoms with Crippen molar-refractivity contribution in [2.45, 2.75) is 58.8 Å². The Morgan fingerprint density at radius 3 is 2.26 bits per heavy atom. The standard InChI is InChI=1S/C19H26BrNO2/c1-18(2,3)12-9-14(16(22)15(10-12)19(4,5)6)17-21-13(7-8-20)11-23-17/h9-11,22H,7-8H2,1-6H3. The van der Waals surface area contributed by atoms with Crippen molar-refractivity contribution in [1.29, 1.82) is 0 Å². The van der Waals surface area contributed by atoms with E-state index >= 15 is 0 Å². The Morgan fingerprint density at radius 1 is 1.09 bits per heavy atom. The summed E-state index contributed by atoms with van der Waals surface area (Å²) >= 11 is 3.41. The Bertz CT molecular complexity index is 690. The number of halogens is 1. The maximum absolute atomic E-state index is 10.8. The fourth-order valence-corrected chi connectivity index (χ4v) is 2.85. The van der Waals surface area contributed by atoms with E-state index in [1.807, 2.05) is 6.07 Å². The third-order valence-corrected chi connectivity index (χ3v) is 4.31. The van der Waals surface area contributed by atoms with Crippen LogP contribution in [-0.2, 0) is 17.3 Å². The predicted molar refractivity (Wildman–Crippen MR) is 98.5 cm³/mol. The fraction of sp³-hybridized carbons (Fsp3) is 0.526. The lowest BCUT2D eigenvalue weighted by Gasteiger charge is -2.27. The normalized spacial score (nSPS) is 12.7. The van der Waals surface area contributed by atoms with E-state index in [0.717, 1.165) is 28.6 Å². The molecule has 0 fully saturated rings. The number of benzene rings is 1. The van der Waals surface area contributed by atoms with E-state index in [4.69, 9.17) is 4.42 Å². The summed E-state index contributed by atoms with van der Waals surface area (Å²) in [6.07, 6.45) is 2.46. The van der Waals surface area contributed by atoms with Crippen LogP contribution in [0.1, 0.15) is 58.4 Å². The minimum Gasteiger partial charge on any atom is -0.507 e. The highest BCUT2D eigenvalue weighted by Gasteiger charge is 2.26. The molecule has 0 aliphatic rings. The van der Waals surface area contributed by atoms with Gasteiger partial charge in [-0.3, -0.25) is 0 Å². The number of nitrogens with zero attached hydrogens (tertiary/aromatic N) is 1. The molecule has 0 unspecified atom stereocenters. The van der Waals surface area contributed by atoms with Gasteiger partial charge in [-0.15, -0.1) is 0 Å². The first-order chi connectivity index (χ1) is 10.5. The maximum atomic E-state index is 10.8. The topological polar surface area (TPSA) is 46.3 Å². The van der Waals surface area contributed by atoms with Crippen molar-refractivity contribution in [2.75, 3.05) is 5.33 Å². The average molecular weight is 380 g/mol. The lowest BCUT2D eigenvalue weighted by Crippen LogP contribution is -2.17. The summed E-state index contributed by atoms with van der Waals surface area (Å²) in [7, 11) is 0. The summed E-state index contributed by atoms with van der Waals surface area (Å²) in [6, 6.07) is 4.09. The van der Waals surface area contributed by atoms with Crippen LogP contribution in [0.15, 0.2) is 22.8 Å². The van der Waals surface area contributed by atoms with Gasteiger partial charge in [0.25, 0.3) is 0 Å². The van der Waals surface area contributed by atoms with Gasteiger partial charge in [-0.25, -0.2) is 4.98 Å². The molecule has 0 spiro atoms. The molecule has 0 amide bonds. The van der Waals surface area contributed by atoms with Crippen molar-refractivity contribution >= 4 is 15.9 Å². The molecule has 0 aliphatic carbocycles. The van der Waals surface area contributed by atoms with Crippen LogP contribution in [-0.4, -0.2) is 15.4 Å². The molecule has 23 heavy (non-hydrogen) atoms. The Morgan fingerprint density at radius 2 is 1.74 bits per heavy atom. The molecule has 0 saturated carbocycles. The molecule has 4 heteroatoms. The molecule has 2 rings (SSSR count). The number of aromatic hydroxyl groups is 1. The molecule has 2 aromatic rings. The van der Waals surface area contributed by atoms with Crippen LogP contribution in [0.2, 0.25) is 0 Å². The van der Waals surface area contributed by atoms with Crippen LogP contribution in [0.4, 0.5) is 0 Å². The second-order valence-electron chi connectivity index (χ2n) is 8.00. The molecule has 0 saturated heterocycles. The number of phenols is 1. The van der Waals surface area contributed by atoms with E-state index in [9.17, 15) is 5.11 Å². The van der Waals surface area contributed by atoms with Gasteiger partial charge in [0.05, 0.1) is 11.3 Å². The first kappa shape index (κ1) is 18.1. The molecule has 1 aromatic carbocycles. The van der Waals surface area contributed by atoms with Crippen LogP contribution in [0.25, 0.3) is 11.5 Å². The van der Waals surface area contributed by atoms with Gasteiger partial charge in [-0.2, -0.15) is 0 Å². The van der Waals surface area contributed by atoms with Gasteiger partial charge in [-0.05, 0) is 22.5 Å². The van der Waals surface area contributed by atoms with E-state index in [2.05, 4.69) is 68.5 Å². The molecule has 0 aliphatic heterocycles. The highest BCUT2D eigenvalue weighted by molar-refractivity contribution is 9.09. The zero-order valence-corrected chi connectivity index (χ0v) is 16.4. The second-order valence-corrected chi connectivity index (χ2v) is 8.80. The van der Waals surface area contributed by atoms with Crippen molar-refractivity contribution in [3.8, 4) is 17.2 Å². The largest absolute Gasteiger partial charge is 0.507 e. The van der Waals surface area contributed by atoms with Crippen molar-refractivity contribution in [2.24, 2.45) is 0 Å². The van der Waals surface area contributed by atoms with Crippen LogP contribution in [0.5, 0.6) is 5.75 Å². The Labute approximate surface area is 147 Å². The smallest absolute Gasteiger partial charge is 0.229 e. The lowest BCUT2D eigenvalue weighted by molar-refractivity contribution is 0.443. The first-order valence-electron chi connectivity index (χ1n) is 7.92. The van der Waals surface area contributed by atoms with Crippen molar-refractivity contribution in [3.05, 3.63) is 35.2 Å². The second kappa shape index (κ2) is 6.31. The lowest BCUT2D eigenvalue weighted by atomic mass is 9.79. The maximum Gasteiger partial charge on any atom is 0.229 e. The number of oxazole rings is 1. The summed E-state index contributed by atoms with van der Waals surface area (Å²) in [5.74, 6) is 0.743. The number of aryl methyl sites for hydroxylation is 1. The van der Waals surface area contributed by atoms with Crippen LogP contribution in [0, 0.1) is 0 Å². The van der Waals surface area contributed by atoms with Crippen molar-refractivity contribution in [3.63, 3.8) is 0 Å². The fourth-order valence-electron chi connectivity index (χ4n) is 2.44. The number of hydrogen-bond donors (Lipinski definition) is 1. The van der Waals surface area contributed by atoms with Gasteiger partial charge in [0.2, 0.25) is 5.89 Å². The van der Waals surface area contributed by atoms with Gasteiger partial charge in [0.15, 0.2) is 0 Å². The molecule has 3 nitrogen and oxygen atoms in total. The summed E-state index contributed by atoms with van der Waals surface area (Å²) in [4.78, 5) is 4.52. The highest BCUT2D eigenvalue weighted by Crippen LogP contribution is 2.41. The van der Waals surface area contributed by atoms with Gasteiger partial charge < -0.3 is 9.52 Å². The van der Waals surface area contributed by atoms with E-state index < -0.39 is 0 Å². The minimum absolute atomic E-state index is 0.0201.